The summed E-state index contributed by atoms with van der Waals surface area (Å²) in [5.41, 5.74) is 0. The number of hydrogen-bond acceptors (Lipinski definition) is 4. The van der Waals surface area contributed by atoms with E-state index < -0.39 is 17.6 Å². The number of rotatable bonds is 0. The van der Waals surface area contributed by atoms with Gasteiger partial charge in [-0.1, -0.05) is 0 Å². The van der Waals surface area contributed by atoms with E-state index in [-0.39, 0.29) is 0 Å². The molecular weight excluding hydrogens is 174 g/mol. The first-order valence-electron chi connectivity index (χ1n) is 3.43. The van der Waals surface area contributed by atoms with Gasteiger partial charge in [-0.3, -0.25) is 14.9 Å². The molecule has 1 aromatic heterocycles. The van der Waals surface area contributed by atoms with Crippen LogP contribution in [0.1, 0.15) is 0 Å². The largest absolute Gasteiger partial charge is 0.503 e. The Morgan fingerprint density at radius 1 is 1.23 bits per heavy atom. The van der Waals surface area contributed by atoms with Crippen molar-refractivity contribution >= 4 is 11.8 Å². The SMILES string of the molecule is O=C1C=C(O)C(=O)N1.c1ccoc1. The van der Waals surface area contributed by atoms with Gasteiger partial charge in [-0.05, 0) is 12.1 Å². The third kappa shape index (κ3) is 2.82. The van der Waals surface area contributed by atoms with Gasteiger partial charge in [0, 0.05) is 0 Å². The summed E-state index contributed by atoms with van der Waals surface area (Å²) in [6.07, 6.45) is 4.09. The normalized spacial score (nSPS) is 14.3. The molecule has 0 atom stereocenters. The summed E-state index contributed by atoms with van der Waals surface area (Å²) in [6, 6.07) is 3.67. The summed E-state index contributed by atoms with van der Waals surface area (Å²) >= 11 is 0. The second-order valence-corrected chi connectivity index (χ2v) is 2.14. The maximum atomic E-state index is 10.1. The first kappa shape index (κ1) is 9.05. The highest BCUT2D eigenvalue weighted by Crippen LogP contribution is 1.94. The first-order chi connectivity index (χ1) is 6.20. The Morgan fingerprint density at radius 2 is 1.85 bits per heavy atom. The van der Waals surface area contributed by atoms with Crippen molar-refractivity contribution in [2.75, 3.05) is 0 Å². The molecule has 0 bridgehead atoms. The van der Waals surface area contributed by atoms with Gasteiger partial charge in [-0.2, -0.15) is 0 Å². The van der Waals surface area contributed by atoms with Gasteiger partial charge in [0.25, 0.3) is 11.8 Å². The van der Waals surface area contributed by atoms with Crippen LogP contribution >= 0.6 is 0 Å². The van der Waals surface area contributed by atoms with Gasteiger partial charge in [0.15, 0.2) is 5.76 Å². The van der Waals surface area contributed by atoms with Crippen molar-refractivity contribution in [3.05, 3.63) is 36.5 Å². The van der Waals surface area contributed by atoms with Crippen molar-refractivity contribution in [2.24, 2.45) is 0 Å². The zero-order valence-corrected chi connectivity index (χ0v) is 6.56. The molecule has 0 unspecified atom stereocenters. The molecule has 0 fully saturated rings. The first-order valence-corrected chi connectivity index (χ1v) is 3.43. The highest BCUT2D eigenvalue weighted by molar-refractivity contribution is 6.14. The molecule has 2 rings (SSSR count). The third-order valence-corrected chi connectivity index (χ3v) is 1.16. The fraction of sp³-hybridized carbons (Fsp3) is 0. The molecule has 0 saturated heterocycles. The van der Waals surface area contributed by atoms with Crippen molar-refractivity contribution in [3.8, 4) is 0 Å². The van der Waals surface area contributed by atoms with Gasteiger partial charge in [-0.25, -0.2) is 0 Å². The monoisotopic (exact) mass is 181 g/mol. The molecule has 2 amide bonds. The van der Waals surface area contributed by atoms with Crippen LogP contribution in [0.3, 0.4) is 0 Å². The summed E-state index contributed by atoms with van der Waals surface area (Å²) in [6.45, 7) is 0. The van der Waals surface area contributed by atoms with Gasteiger partial charge >= 0.3 is 0 Å². The van der Waals surface area contributed by atoms with E-state index >= 15 is 0 Å². The van der Waals surface area contributed by atoms with E-state index in [1.54, 1.807) is 12.5 Å². The summed E-state index contributed by atoms with van der Waals surface area (Å²) < 4.78 is 4.58. The van der Waals surface area contributed by atoms with E-state index in [4.69, 9.17) is 5.11 Å². The Bertz CT molecular complexity index is 309. The number of furan rings is 1. The van der Waals surface area contributed by atoms with Crippen LogP contribution in [-0.2, 0) is 9.59 Å². The second kappa shape index (κ2) is 4.10. The van der Waals surface area contributed by atoms with E-state index in [0.717, 1.165) is 6.08 Å². The predicted octanol–water partition coefficient (Wildman–Crippen LogP) is 0.364. The predicted molar refractivity (Wildman–Crippen MR) is 42.6 cm³/mol. The van der Waals surface area contributed by atoms with Gasteiger partial charge in [0.05, 0.1) is 18.6 Å². The van der Waals surface area contributed by atoms with Gasteiger partial charge in [0.2, 0.25) is 0 Å². The van der Waals surface area contributed by atoms with Crippen molar-refractivity contribution < 1.29 is 19.1 Å². The Morgan fingerprint density at radius 3 is 2.00 bits per heavy atom. The average Bonchev–Trinajstić information content (AvgIpc) is 2.66. The van der Waals surface area contributed by atoms with Crippen molar-refractivity contribution in [2.45, 2.75) is 0 Å². The van der Waals surface area contributed by atoms with Crippen LogP contribution in [0.25, 0.3) is 0 Å². The number of nitrogens with one attached hydrogen (secondary N) is 1. The molecule has 2 N–H and O–H groups in total. The zero-order chi connectivity index (χ0) is 9.68. The summed E-state index contributed by atoms with van der Waals surface area (Å²) in [7, 11) is 0. The molecule has 0 aromatic carbocycles. The molecule has 0 radical (unpaired) electrons. The lowest BCUT2D eigenvalue weighted by Crippen LogP contribution is -2.21. The molecule has 1 aliphatic heterocycles. The lowest BCUT2D eigenvalue weighted by molar-refractivity contribution is -0.124. The molecule has 5 heteroatoms. The number of amides is 2. The molecule has 0 aliphatic carbocycles. The highest BCUT2D eigenvalue weighted by atomic mass is 16.3. The summed E-state index contributed by atoms with van der Waals surface area (Å²) in [5, 5.41) is 10.2. The Kier molecular flexibility index (Phi) is 2.86. The van der Waals surface area contributed by atoms with Crippen LogP contribution in [0.15, 0.2) is 40.9 Å². The van der Waals surface area contributed by atoms with Crippen LogP contribution in [0, 0.1) is 0 Å². The Balaban J connectivity index is 0.000000145. The minimum absolute atomic E-state index is 0.519. The Hall–Kier alpha value is -2.04. The molecule has 0 spiro atoms. The number of aliphatic hydroxyl groups excluding tert-OH is 1. The third-order valence-electron chi connectivity index (χ3n) is 1.16. The minimum atomic E-state index is -0.727. The number of carbonyl (C=O) groups is 2. The maximum Gasteiger partial charge on any atom is 0.293 e. The molecule has 0 saturated carbocycles. The number of carbonyl (C=O) groups excluding carboxylic acids is 2. The van der Waals surface area contributed by atoms with Crippen LogP contribution in [-0.4, -0.2) is 16.9 Å². The molecule has 1 aliphatic rings. The molecule has 13 heavy (non-hydrogen) atoms. The van der Waals surface area contributed by atoms with Crippen LogP contribution in [0.5, 0.6) is 0 Å². The lowest BCUT2D eigenvalue weighted by atomic mass is 10.5. The van der Waals surface area contributed by atoms with Crippen molar-refractivity contribution in [1.29, 1.82) is 0 Å². The van der Waals surface area contributed by atoms with Crippen molar-refractivity contribution in [1.82, 2.24) is 5.32 Å². The standard InChI is InChI=1S/C4H3NO3.C4H4O/c6-2-1-3(7)5-4(2)8;1-2-4-5-3-1/h1H,(H2,5,6,7,8);1-4H. The molecular formula is C8H7NO4. The van der Waals surface area contributed by atoms with E-state index in [1.165, 1.54) is 0 Å². The van der Waals surface area contributed by atoms with Crippen LogP contribution in [0.4, 0.5) is 0 Å². The van der Waals surface area contributed by atoms with Gasteiger partial charge in [-0.15, -0.1) is 0 Å². The summed E-state index contributed by atoms with van der Waals surface area (Å²) in [4.78, 5) is 20.2. The lowest BCUT2D eigenvalue weighted by Gasteiger charge is -1.83. The number of imide groups is 1. The van der Waals surface area contributed by atoms with Gasteiger partial charge < -0.3 is 9.52 Å². The van der Waals surface area contributed by atoms with E-state index in [9.17, 15) is 9.59 Å². The Labute approximate surface area is 73.7 Å². The fourth-order valence-corrected chi connectivity index (χ4v) is 0.629. The second-order valence-electron chi connectivity index (χ2n) is 2.14. The molecule has 68 valence electrons. The van der Waals surface area contributed by atoms with Crippen LogP contribution in [0.2, 0.25) is 0 Å². The maximum absolute atomic E-state index is 10.1. The zero-order valence-electron chi connectivity index (χ0n) is 6.56. The fourth-order valence-electron chi connectivity index (χ4n) is 0.629. The van der Waals surface area contributed by atoms with E-state index in [0.29, 0.717) is 0 Å². The molecule has 5 nitrogen and oxygen atoms in total. The average molecular weight is 181 g/mol. The smallest absolute Gasteiger partial charge is 0.293 e. The van der Waals surface area contributed by atoms with E-state index in [1.807, 2.05) is 17.4 Å². The highest BCUT2D eigenvalue weighted by Gasteiger charge is 2.18. The topological polar surface area (TPSA) is 79.5 Å². The van der Waals surface area contributed by atoms with E-state index in [2.05, 4.69) is 4.42 Å². The number of hydrogen-bond donors (Lipinski definition) is 2. The van der Waals surface area contributed by atoms with Crippen molar-refractivity contribution in [3.63, 3.8) is 0 Å². The number of aliphatic hydroxyl groups is 1. The molecule has 2 heterocycles. The molecule has 1 aromatic rings. The quantitative estimate of drug-likeness (QED) is 0.566. The van der Waals surface area contributed by atoms with Gasteiger partial charge in [0.1, 0.15) is 0 Å². The minimum Gasteiger partial charge on any atom is -0.503 e. The summed E-state index contributed by atoms with van der Waals surface area (Å²) in [5.74, 6) is -1.81. The van der Waals surface area contributed by atoms with Crippen LogP contribution < -0.4 is 5.32 Å².